The van der Waals surface area contributed by atoms with E-state index >= 15 is 0 Å². The molecular weight excluding hydrogens is 146 g/mol. The number of rotatable bonds is 2. The van der Waals surface area contributed by atoms with E-state index in [0.717, 1.165) is 16.3 Å². The molecule has 4 heteroatoms. The second-order valence-corrected chi connectivity index (χ2v) is 3.16. The summed E-state index contributed by atoms with van der Waals surface area (Å²) in [4.78, 5) is 22.9. The average molecular weight is 155 g/mol. The highest BCUT2D eigenvalue weighted by Gasteiger charge is 2.21. The summed E-state index contributed by atoms with van der Waals surface area (Å²) in [5.41, 5.74) is 0. The largest absolute Gasteiger partial charge is 0.276 e. The van der Waals surface area contributed by atoms with Crippen LogP contribution in [0.5, 0.6) is 0 Å². The van der Waals surface area contributed by atoms with Gasteiger partial charge in [-0.25, -0.2) is 0 Å². The summed E-state index contributed by atoms with van der Waals surface area (Å²) in [6.07, 6.45) is 2.64. The summed E-state index contributed by atoms with van der Waals surface area (Å²) >= 11 is 0. The van der Waals surface area contributed by atoms with Gasteiger partial charge in [-0.15, -0.1) is 0 Å². The molecule has 1 rings (SSSR count). The van der Waals surface area contributed by atoms with Crippen LogP contribution in [0.25, 0.3) is 0 Å². The molecule has 0 saturated carbocycles. The molecule has 1 aliphatic rings. The van der Waals surface area contributed by atoms with Gasteiger partial charge in [0.2, 0.25) is 0 Å². The third-order valence-electron chi connectivity index (χ3n) is 1.35. The van der Waals surface area contributed by atoms with E-state index in [1.54, 1.807) is 0 Å². The van der Waals surface area contributed by atoms with Crippen LogP contribution in [-0.4, -0.2) is 33.5 Å². The van der Waals surface area contributed by atoms with Gasteiger partial charge in [0, 0.05) is 28.9 Å². The summed E-state index contributed by atoms with van der Waals surface area (Å²) in [5.74, 6) is -0.332. The van der Waals surface area contributed by atoms with Gasteiger partial charge in [-0.3, -0.25) is 14.5 Å². The summed E-state index contributed by atoms with van der Waals surface area (Å²) in [6.45, 7) is 0.594. The Hall–Kier alpha value is -0.903. The highest BCUT2D eigenvalue weighted by Crippen LogP contribution is 2.02. The quantitative estimate of drug-likeness (QED) is 0.367. The van der Waals surface area contributed by atoms with Crippen molar-refractivity contribution in [2.45, 2.75) is 6.04 Å². The number of hydrogen-bond donors (Lipinski definition) is 0. The van der Waals surface area contributed by atoms with Crippen molar-refractivity contribution in [3.8, 4) is 0 Å². The first kappa shape index (κ1) is 7.21. The lowest BCUT2D eigenvalue weighted by Gasteiger charge is -2.10. The second-order valence-electron chi connectivity index (χ2n) is 2.16. The van der Waals surface area contributed by atoms with E-state index in [1.165, 1.54) is 17.1 Å². The van der Waals surface area contributed by atoms with Crippen LogP contribution >= 0.6 is 0 Å². The lowest BCUT2D eigenvalue weighted by molar-refractivity contribution is -0.136. The molecule has 54 valence electrons. The Morgan fingerprint density at radius 3 is 2.20 bits per heavy atom. The smallest absolute Gasteiger partial charge is 0.253 e. The molecule has 0 aromatic heterocycles. The molecule has 2 amide bonds. The minimum atomic E-state index is -0.166. The van der Waals surface area contributed by atoms with Crippen molar-refractivity contribution in [3.63, 3.8) is 0 Å². The standard InChI is InChI=1S/C6H9NO2Si/c8-5-1-2-6(9)7(5)3-4-10/h1-2H,3-4H2,10H3. The zero-order valence-electron chi connectivity index (χ0n) is 5.83. The first-order valence-corrected chi connectivity index (χ1v) is 4.70. The maximum atomic E-state index is 10.8. The van der Waals surface area contributed by atoms with Crippen LogP contribution in [0.4, 0.5) is 0 Å². The Morgan fingerprint density at radius 1 is 1.30 bits per heavy atom. The predicted octanol–water partition coefficient (Wildman–Crippen LogP) is -1.30. The molecule has 1 aliphatic heterocycles. The Bertz CT molecular complexity index is 182. The second kappa shape index (κ2) is 2.79. The number of carbonyl (C=O) groups excluding carboxylic acids is 2. The Balaban J connectivity index is 2.60. The highest BCUT2D eigenvalue weighted by atomic mass is 28.1. The third-order valence-corrected chi connectivity index (χ3v) is 1.79. The zero-order valence-corrected chi connectivity index (χ0v) is 7.83. The van der Waals surface area contributed by atoms with Gasteiger partial charge in [0.25, 0.3) is 11.8 Å². The first-order chi connectivity index (χ1) is 4.75. The van der Waals surface area contributed by atoms with E-state index in [4.69, 9.17) is 0 Å². The molecule has 0 aromatic carbocycles. The summed E-state index contributed by atoms with van der Waals surface area (Å²) in [7, 11) is 1.03. The molecule has 0 radical (unpaired) electrons. The van der Waals surface area contributed by atoms with Crippen LogP contribution in [-0.2, 0) is 9.59 Å². The van der Waals surface area contributed by atoms with Gasteiger partial charge in [0.1, 0.15) is 0 Å². The minimum Gasteiger partial charge on any atom is -0.276 e. The number of amides is 2. The number of hydrogen-bond acceptors (Lipinski definition) is 2. The third kappa shape index (κ3) is 1.16. The van der Waals surface area contributed by atoms with Crippen LogP contribution in [0, 0.1) is 0 Å². The van der Waals surface area contributed by atoms with E-state index < -0.39 is 0 Å². The fraction of sp³-hybridized carbons (Fsp3) is 0.333. The number of nitrogens with zero attached hydrogens (tertiary/aromatic N) is 1. The molecule has 0 aliphatic carbocycles. The maximum absolute atomic E-state index is 10.8. The van der Waals surface area contributed by atoms with E-state index in [0.29, 0.717) is 6.54 Å². The van der Waals surface area contributed by atoms with Crippen LogP contribution < -0.4 is 0 Å². The SMILES string of the molecule is O=C1C=CC(=O)N1CC[SiH3]. The van der Waals surface area contributed by atoms with Crippen molar-refractivity contribution in [2.24, 2.45) is 0 Å². The maximum Gasteiger partial charge on any atom is 0.253 e. The Morgan fingerprint density at radius 2 is 1.80 bits per heavy atom. The fourth-order valence-electron chi connectivity index (χ4n) is 0.875. The summed E-state index contributed by atoms with van der Waals surface area (Å²) in [6, 6.07) is 0.958. The normalized spacial score (nSPS) is 17.4. The monoisotopic (exact) mass is 155 g/mol. The molecule has 0 spiro atoms. The average Bonchev–Trinajstić information content (AvgIpc) is 2.20. The topological polar surface area (TPSA) is 37.4 Å². The first-order valence-electron chi connectivity index (χ1n) is 3.29. The number of carbonyl (C=O) groups is 2. The molecule has 0 atom stereocenters. The van der Waals surface area contributed by atoms with Crippen molar-refractivity contribution in [1.82, 2.24) is 4.90 Å². The summed E-state index contributed by atoms with van der Waals surface area (Å²) in [5, 5.41) is 0. The van der Waals surface area contributed by atoms with E-state index in [1.807, 2.05) is 0 Å². The van der Waals surface area contributed by atoms with Gasteiger partial charge in [-0.2, -0.15) is 0 Å². The van der Waals surface area contributed by atoms with Gasteiger partial charge >= 0.3 is 0 Å². The molecule has 0 fully saturated rings. The van der Waals surface area contributed by atoms with Crippen molar-refractivity contribution in [1.29, 1.82) is 0 Å². The fourth-order valence-corrected chi connectivity index (χ4v) is 1.32. The molecule has 3 nitrogen and oxygen atoms in total. The molecule has 1 heterocycles. The number of imide groups is 1. The minimum absolute atomic E-state index is 0.166. The van der Waals surface area contributed by atoms with Crippen molar-refractivity contribution in [2.75, 3.05) is 6.54 Å². The zero-order chi connectivity index (χ0) is 7.56. The lowest BCUT2D eigenvalue weighted by Crippen LogP contribution is -2.30. The molecular formula is C6H9NO2Si. The predicted molar refractivity (Wildman–Crippen MR) is 40.6 cm³/mol. The molecule has 0 bridgehead atoms. The lowest BCUT2D eigenvalue weighted by atomic mass is 10.5. The van der Waals surface area contributed by atoms with Gasteiger partial charge in [-0.05, 0) is 6.04 Å². The Kier molecular flexibility index (Phi) is 2.01. The van der Waals surface area contributed by atoms with Gasteiger partial charge in [0.05, 0.1) is 0 Å². The van der Waals surface area contributed by atoms with Crippen LogP contribution in [0.2, 0.25) is 6.04 Å². The van der Waals surface area contributed by atoms with Crippen molar-refractivity contribution in [3.05, 3.63) is 12.2 Å². The van der Waals surface area contributed by atoms with Gasteiger partial charge in [0.15, 0.2) is 0 Å². The molecule has 0 aromatic rings. The van der Waals surface area contributed by atoms with E-state index in [9.17, 15) is 9.59 Å². The van der Waals surface area contributed by atoms with Crippen LogP contribution in [0.3, 0.4) is 0 Å². The van der Waals surface area contributed by atoms with Gasteiger partial charge < -0.3 is 0 Å². The van der Waals surface area contributed by atoms with Crippen LogP contribution in [0.1, 0.15) is 0 Å². The molecule has 10 heavy (non-hydrogen) atoms. The van der Waals surface area contributed by atoms with Gasteiger partial charge in [-0.1, -0.05) is 0 Å². The van der Waals surface area contributed by atoms with Crippen molar-refractivity contribution >= 4 is 22.1 Å². The molecule has 0 unspecified atom stereocenters. The highest BCUT2D eigenvalue weighted by molar-refractivity contribution is 6.14. The Labute approximate surface area is 62.1 Å². The van der Waals surface area contributed by atoms with Crippen molar-refractivity contribution < 1.29 is 9.59 Å². The van der Waals surface area contributed by atoms with E-state index in [-0.39, 0.29) is 11.8 Å². The van der Waals surface area contributed by atoms with E-state index in [2.05, 4.69) is 0 Å². The van der Waals surface area contributed by atoms with Crippen LogP contribution in [0.15, 0.2) is 12.2 Å². The summed E-state index contributed by atoms with van der Waals surface area (Å²) < 4.78 is 0. The molecule has 0 N–H and O–H groups in total. The molecule has 0 saturated heterocycles.